The molecule has 3 aromatic rings. The van der Waals surface area contributed by atoms with Crippen LogP contribution >= 0.6 is 11.6 Å². The summed E-state index contributed by atoms with van der Waals surface area (Å²) in [5.74, 6) is -0.407. The molecule has 1 N–H and O–H groups in total. The maximum absolute atomic E-state index is 13.5. The minimum atomic E-state index is -3.99. The van der Waals surface area contributed by atoms with E-state index in [1.807, 2.05) is 34.6 Å². The lowest BCUT2D eigenvalue weighted by molar-refractivity contribution is -0.120. The number of benzene rings is 3. The Kier molecular flexibility index (Phi) is 7.50. The van der Waals surface area contributed by atoms with Crippen LogP contribution in [0.3, 0.4) is 0 Å². The van der Waals surface area contributed by atoms with Gasteiger partial charge in [0.25, 0.3) is 10.0 Å². The number of hydrogen-bond donors (Lipinski definition) is 1. The molecule has 0 saturated heterocycles. The van der Waals surface area contributed by atoms with Crippen molar-refractivity contribution in [3.8, 4) is 0 Å². The molecule has 3 rings (SSSR count). The molecule has 0 fully saturated rings. The van der Waals surface area contributed by atoms with Gasteiger partial charge in [0.1, 0.15) is 6.54 Å². The molecule has 174 valence electrons. The molecular formula is C26H29ClN2O3S. The molecule has 7 heteroatoms. The number of nitrogens with zero attached hydrogens (tertiary/aromatic N) is 1. The minimum absolute atomic E-state index is 0.110. The molecule has 33 heavy (non-hydrogen) atoms. The van der Waals surface area contributed by atoms with Crippen molar-refractivity contribution in [1.29, 1.82) is 0 Å². The fourth-order valence-corrected chi connectivity index (χ4v) is 5.33. The number of anilines is 1. The van der Waals surface area contributed by atoms with Crippen LogP contribution in [0.15, 0.2) is 65.6 Å². The Hall–Kier alpha value is -2.83. The van der Waals surface area contributed by atoms with Crippen LogP contribution in [0.5, 0.6) is 0 Å². The fraction of sp³-hybridized carbons (Fsp3) is 0.269. The molecule has 1 amide bonds. The van der Waals surface area contributed by atoms with E-state index < -0.39 is 15.9 Å². The molecule has 0 bridgehead atoms. The third-order valence-electron chi connectivity index (χ3n) is 5.72. The first kappa shape index (κ1) is 24.8. The van der Waals surface area contributed by atoms with Gasteiger partial charge < -0.3 is 5.32 Å². The van der Waals surface area contributed by atoms with Crippen molar-refractivity contribution in [2.75, 3.05) is 10.8 Å². The molecule has 0 aromatic heterocycles. The lowest BCUT2D eigenvalue weighted by atomic mass is 9.96. The van der Waals surface area contributed by atoms with E-state index >= 15 is 0 Å². The topological polar surface area (TPSA) is 66.5 Å². The Morgan fingerprint density at radius 1 is 0.939 bits per heavy atom. The highest BCUT2D eigenvalue weighted by Crippen LogP contribution is 2.27. The number of aryl methyl sites for hydroxylation is 4. The van der Waals surface area contributed by atoms with Crippen molar-refractivity contribution < 1.29 is 13.2 Å². The molecule has 0 spiro atoms. The Labute approximate surface area is 201 Å². The van der Waals surface area contributed by atoms with Crippen molar-refractivity contribution >= 4 is 33.2 Å². The summed E-state index contributed by atoms with van der Waals surface area (Å²) in [4.78, 5) is 13.2. The molecule has 0 aliphatic heterocycles. The van der Waals surface area contributed by atoms with Gasteiger partial charge in [-0.15, -0.1) is 0 Å². The number of nitrogens with one attached hydrogen (secondary N) is 1. The number of carbonyl (C=O) groups is 1. The Morgan fingerprint density at radius 2 is 1.58 bits per heavy atom. The van der Waals surface area contributed by atoms with Gasteiger partial charge in [-0.1, -0.05) is 47.5 Å². The first-order valence-electron chi connectivity index (χ1n) is 10.7. The van der Waals surface area contributed by atoms with E-state index in [1.165, 1.54) is 11.6 Å². The van der Waals surface area contributed by atoms with Gasteiger partial charge in [-0.3, -0.25) is 9.10 Å². The zero-order valence-electron chi connectivity index (χ0n) is 19.5. The molecule has 0 aliphatic rings. The summed E-state index contributed by atoms with van der Waals surface area (Å²) in [6.45, 7) is 9.49. The largest absolute Gasteiger partial charge is 0.348 e. The Morgan fingerprint density at radius 3 is 2.21 bits per heavy atom. The predicted octanol–water partition coefficient (Wildman–Crippen LogP) is 5.65. The summed E-state index contributed by atoms with van der Waals surface area (Å²) >= 11 is 6.13. The lowest BCUT2D eigenvalue weighted by Crippen LogP contribution is -2.41. The van der Waals surface area contributed by atoms with Crippen molar-refractivity contribution in [3.05, 3.63) is 93.5 Å². The fourth-order valence-electron chi connectivity index (χ4n) is 3.73. The van der Waals surface area contributed by atoms with E-state index in [-0.39, 0.29) is 17.5 Å². The second-order valence-corrected chi connectivity index (χ2v) is 10.7. The quantitative estimate of drug-likeness (QED) is 0.471. The Bertz CT molecular complexity index is 1270. The summed E-state index contributed by atoms with van der Waals surface area (Å²) in [7, 11) is -3.99. The maximum Gasteiger partial charge on any atom is 0.264 e. The zero-order valence-corrected chi connectivity index (χ0v) is 21.1. The number of sulfonamides is 1. The van der Waals surface area contributed by atoms with Gasteiger partial charge in [-0.25, -0.2) is 8.42 Å². The van der Waals surface area contributed by atoms with Gasteiger partial charge >= 0.3 is 0 Å². The van der Waals surface area contributed by atoms with Gasteiger partial charge in [0.05, 0.1) is 16.6 Å². The van der Waals surface area contributed by atoms with E-state index in [0.29, 0.717) is 10.7 Å². The zero-order chi connectivity index (χ0) is 24.3. The lowest BCUT2D eigenvalue weighted by Gasteiger charge is -2.26. The molecule has 0 heterocycles. The van der Waals surface area contributed by atoms with Crippen LogP contribution in [-0.2, 0) is 14.8 Å². The number of carbonyl (C=O) groups excluding carboxylic acids is 1. The molecule has 0 aliphatic carbocycles. The second-order valence-electron chi connectivity index (χ2n) is 8.39. The van der Waals surface area contributed by atoms with Crippen LogP contribution in [0, 0.1) is 27.7 Å². The van der Waals surface area contributed by atoms with E-state index in [1.54, 1.807) is 42.5 Å². The van der Waals surface area contributed by atoms with Gasteiger partial charge in [-0.05, 0) is 87.2 Å². The third-order valence-corrected chi connectivity index (χ3v) is 7.74. The van der Waals surface area contributed by atoms with Gasteiger partial charge in [-0.2, -0.15) is 0 Å². The Balaban J connectivity index is 1.91. The summed E-state index contributed by atoms with van der Waals surface area (Å²) in [5, 5.41) is 3.34. The van der Waals surface area contributed by atoms with Crippen molar-refractivity contribution in [1.82, 2.24) is 5.32 Å². The van der Waals surface area contributed by atoms with Crippen LogP contribution in [-0.4, -0.2) is 20.9 Å². The highest BCUT2D eigenvalue weighted by atomic mass is 35.5. The average molecular weight is 485 g/mol. The minimum Gasteiger partial charge on any atom is -0.348 e. The summed E-state index contributed by atoms with van der Waals surface area (Å²) in [5.41, 5.74) is 5.67. The molecule has 3 aromatic carbocycles. The van der Waals surface area contributed by atoms with Crippen LogP contribution < -0.4 is 9.62 Å². The SMILES string of the molecule is Cc1ccc(S(=O)(=O)N(CC(=O)N[C@@H](C)c2cc(C)c(C)cc2C)c2cccc(Cl)c2)cc1. The molecule has 1 atom stereocenters. The van der Waals surface area contributed by atoms with Crippen molar-refractivity contribution in [2.45, 2.75) is 45.6 Å². The summed E-state index contributed by atoms with van der Waals surface area (Å²) < 4.78 is 28.1. The van der Waals surface area contributed by atoms with E-state index in [9.17, 15) is 13.2 Å². The smallest absolute Gasteiger partial charge is 0.264 e. The first-order chi connectivity index (χ1) is 15.5. The molecule has 5 nitrogen and oxygen atoms in total. The third kappa shape index (κ3) is 5.75. The molecule has 0 radical (unpaired) electrons. The van der Waals surface area contributed by atoms with E-state index in [0.717, 1.165) is 26.6 Å². The van der Waals surface area contributed by atoms with Crippen LogP contribution in [0.25, 0.3) is 0 Å². The highest BCUT2D eigenvalue weighted by Gasteiger charge is 2.28. The van der Waals surface area contributed by atoms with E-state index in [2.05, 4.69) is 17.4 Å². The predicted molar refractivity (Wildman–Crippen MR) is 134 cm³/mol. The first-order valence-corrected chi connectivity index (χ1v) is 12.5. The van der Waals surface area contributed by atoms with Crippen molar-refractivity contribution in [3.63, 3.8) is 0 Å². The number of halogens is 1. The van der Waals surface area contributed by atoms with Crippen LogP contribution in [0.4, 0.5) is 5.69 Å². The summed E-state index contributed by atoms with van der Waals surface area (Å²) in [6.07, 6.45) is 0. The van der Waals surface area contributed by atoms with Gasteiger partial charge in [0, 0.05) is 5.02 Å². The normalized spacial score (nSPS) is 12.3. The second kappa shape index (κ2) is 9.98. The molecular weight excluding hydrogens is 456 g/mol. The molecule has 0 unspecified atom stereocenters. The monoisotopic (exact) mass is 484 g/mol. The highest BCUT2D eigenvalue weighted by molar-refractivity contribution is 7.92. The number of hydrogen-bond acceptors (Lipinski definition) is 3. The van der Waals surface area contributed by atoms with Crippen LogP contribution in [0.1, 0.15) is 40.8 Å². The number of amides is 1. The van der Waals surface area contributed by atoms with Crippen LogP contribution in [0.2, 0.25) is 5.02 Å². The maximum atomic E-state index is 13.5. The standard InChI is InChI=1S/C26H29ClN2O3S/c1-17-9-11-24(12-10-17)33(31,32)29(23-8-6-7-22(27)15-23)16-26(30)28-21(5)25-14-19(3)18(2)13-20(25)4/h6-15,21H,16H2,1-5H3,(H,28,30)/t21-/m0/s1. The van der Waals surface area contributed by atoms with Crippen molar-refractivity contribution in [2.24, 2.45) is 0 Å². The number of rotatable bonds is 7. The van der Waals surface area contributed by atoms with E-state index in [4.69, 9.17) is 11.6 Å². The molecule has 0 saturated carbocycles. The van der Waals surface area contributed by atoms with Gasteiger partial charge in [0.2, 0.25) is 5.91 Å². The summed E-state index contributed by atoms with van der Waals surface area (Å²) in [6, 6.07) is 16.9. The van der Waals surface area contributed by atoms with Gasteiger partial charge in [0.15, 0.2) is 0 Å². The average Bonchev–Trinajstić information content (AvgIpc) is 2.74.